The van der Waals surface area contributed by atoms with Crippen LogP contribution in [0.15, 0.2) is 18.2 Å². The fourth-order valence-corrected chi connectivity index (χ4v) is 1.89. The molecule has 1 aromatic carbocycles. The van der Waals surface area contributed by atoms with E-state index in [-0.39, 0.29) is 36.4 Å². The number of nitrogens with two attached hydrogens (primary N) is 1. The molecule has 0 heterocycles. The van der Waals surface area contributed by atoms with Gasteiger partial charge in [0.25, 0.3) is 5.91 Å². The number of hydrogen-bond donors (Lipinski definition) is 4. The van der Waals surface area contributed by atoms with E-state index < -0.39 is 11.8 Å². The van der Waals surface area contributed by atoms with Crippen molar-refractivity contribution in [2.45, 2.75) is 13.8 Å². The Morgan fingerprint density at radius 1 is 1.17 bits per heavy atom. The molecule has 9 heteroatoms. The van der Waals surface area contributed by atoms with Gasteiger partial charge in [-0.1, -0.05) is 25.4 Å². The van der Waals surface area contributed by atoms with Crippen LogP contribution in [0.1, 0.15) is 24.2 Å². The molecule has 0 unspecified atom stereocenters. The molecule has 1 aromatic rings. The number of carbonyl (C=O) groups is 3. The van der Waals surface area contributed by atoms with Crippen molar-refractivity contribution in [3.8, 4) is 0 Å². The number of rotatable bonds is 7. The minimum absolute atomic E-state index is 0. The second kappa shape index (κ2) is 10.9. The van der Waals surface area contributed by atoms with Crippen molar-refractivity contribution in [2.75, 3.05) is 25.0 Å². The number of benzene rings is 1. The lowest BCUT2D eigenvalue weighted by molar-refractivity contribution is -0.123. The Hall–Kier alpha value is -1.83. The molecule has 0 bridgehead atoms. The monoisotopic (exact) mass is 376 g/mol. The Morgan fingerprint density at radius 3 is 2.38 bits per heavy atom. The Morgan fingerprint density at radius 2 is 1.83 bits per heavy atom. The molecule has 134 valence electrons. The molecule has 0 aliphatic heterocycles. The summed E-state index contributed by atoms with van der Waals surface area (Å²) in [6.45, 7) is 4.16. The standard InChI is InChI=1S/C15H21ClN4O3.ClH/c1-9(2)7-19-15(23)11-4-3-10(5-12(11)16)20-14(22)8-18-13(21)6-17;/h3-5,9H,6-8,17H2,1-2H3,(H,18,21)(H,19,23)(H,20,22);1H. The number of amides is 3. The summed E-state index contributed by atoms with van der Waals surface area (Å²) in [6.07, 6.45) is 0. The van der Waals surface area contributed by atoms with Gasteiger partial charge in [-0.2, -0.15) is 0 Å². The van der Waals surface area contributed by atoms with Crippen molar-refractivity contribution in [2.24, 2.45) is 11.7 Å². The molecule has 3 amide bonds. The minimum atomic E-state index is -0.421. The molecule has 0 atom stereocenters. The van der Waals surface area contributed by atoms with E-state index in [0.717, 1.165) is 0 Å². The molecular weight excluding hydrogens is 355 g/mol. The molecule has 1 rings (SSSR count). The molecule has 0 aromatic heterocycles. The highest BCUT2D eigenvalue weighted by molar-refractivity contribution is 6.34. The van der Waals surface area contributed by atoms with E-state index in [2.05, 4.69) is 16.0 Å². The van der Waals surface area contributed by atoms with Gasteiger partial charge in [0.05, 0.1) is 23.7 Å². The molecule has 7 nitrogen and oxygen atoms in total. The number of hydrogen-bond acceptors (Lipinski definition) is 4. The summed E-state index contributed by atoms with van der Waals surface area (Å²) in [5, 5.41) is 7.92. The summed E-state index contributed by atoms with van der Waals surface area (Å²) in [5.41, 5.74) is 5.89. The minimum Gasteiger partial charge on any atom is -0.352 e. The first kappa shape index (κ1) is 22.2. The Labute approximate surface area is 152 Å². The van der Waals surface area contributed by atoms with Crippen LogP contribution in [0.4, 0.5) is 5.69 Å². The molecular formula is C15H22Cl2N4O3. The second-order valence-corrected chi connectivity index (χ2v) is 5.73. The van der Waals surface area contributed by atoms with E-state index in [1.807, 2.05) is 13.8 Å². The molecule has 0 spiro atoms. The summed E-state index contributed by atoms with van der Waals surface area (Å²) in [6, 6.07) is 4.58. The molecule has 0 saturated heterocycles. The van der Waals surface area contributed by atoms with Crippen LogP contribution in [0.25, 0.3) is 0 Å². The van der Waals surface area contributed by atoms with Crippen molar-refractivity contribution in [3.05, 3.63) is 28.8 Å². The molecule has 0 radical (unpaired) electrons. The summed E-state index contributed by atoms with van der Waals surface area (Å²) in [4.78, 5) is 34.6. The van der Waals surface area contributed by atoms with E-state index in [1.54, 1.807) is 6.07 Å². The van der Waals surface area contributed by atoms with Crippen LogP contribution in [0.3, 0.4) is 0 Å². The Balaban J connectivity index is 0.00000529. The van der Waals surface area contributed by atoms with Gasteiger partial charge in [-0.05, 0) is 24.1 Å². The lowest BCUT2D eigenvalue weighted by atomic mass is 10.1. The quantitative estimate of drug-likeness (QED) is 0.571. The Kier molecular flexibility index (Phi) is 10.0. The van der Waals surface area contributed by atoms with Crippen molar-refractivity contribution in [1.29, 1.82) is 0 Å². The SMILES string of the molecule is CC(C)CNC(=O)c1ccc(NC(=O)CNC(=O)CN)cc1Cl.Cl. The van der Waals surface area contributed by atoms with Gasteiger partial charge in [0.15, 0.2) is 0 Å². The van der Waals surface area contributed by atoms with Gasteiger partial charge in [0.1, 0.15) is 0 Å². The molecule has 0 aliphatic carbocycles. The second-order valence-electron chi connectivity index (χ2n) is 5.33. The predicted octanol–water partition coefficient (Wildman–Crippen LogP) is 1.16. The van der Waals surface area contributed by atoms with Gasteiger partial charge >= 0.3 is 0 Å². The molecule has 0 fully saturated rings. The first-order valence-corrected chi connectivity index (χ1v) is 7.55. The molecule has 0 saturated carbocycles. The third-order valence-electron chi connectivity index (χ3n) is 2.80. The zero-order valence-corrected chi connectivity index (χ0v) is 15.1. The first-order valence-electron chi connectivity index (χ1n) is 7.17. The van der Waals surface area contributed by atoms with Crippen LogP contribution in [0.2, 0.25) is 5.02 Å². The van der Waals surface area contributed by atoms with Crippen molar-refractivity contribution < 1.29 is 14.4 Å². The lowest BCUT2D eigenvalue weighted by Gasteiger charge is -2.11. The maximum Gasteiger partial charge on any atom is 0.252 e. The van der Waals surface area contributed by atoms with Crippen LogP contribution in [0, 0.1) is 5.92 Å². The zero-order chi connectivity index (χ0) is 17.4. The number of nitrogens with one attached hydrogen (secondary N) is 3. The number of carbonyl (C=O) groups excluding carboxylic acids is 3. The van der Waals surface area contributed by atoms with Crippen LogP contribution in [0.5, 0.6) is 0 Å². The van der Waals surface area contributed by atoms with Gasteiger partial charge in [-0.25, -0.2) is 0 Å². The molecule has 0 aliphatic rings. The first-order chi connectivity index (χ1) is 10.8. The van der Waals surface area contributed by atoms with E-state index in [4.69, 9.17) is 17.3 Å². The highest BCUT2D eigenvalue weighted by Crippen LogP contribution is 2.21. The largest absolute Gasteiger partial charge is 0.352 e. The summed E-state index contributed by atoms with van der Waals surface area (Å²) in [7, 11) is 0. The number of halogens is 2. The fourth-order valence-electron chi connectivity index (χ4n) is 1.63. The third kappa shape index (κ3) is 7.63. The summed E-state index contributed by atoms with van der Waals surface area (Å²) >= 11 is 6.07. The lowest BCUT2D eigenvalue weighted by Crippen LogP contribution is -2.36. The zero-order valence-electron chi connectivity index (χ0n) is 13.5. The van der Waals surface area contributed by atoms with Crippen LogP contribution >= 0.6 is 24.0 Å². The predicted molar refractivity (Wildman–Crippen MR) is 96.6 cm³/mol. The molecule has 5 N–H and O–H groups in total. The van der Waals surface area contributed by atoms with Gasteiger partial charge in [0.2, 0.25) is 11.8 Å². The Bertz CT molecular complexity index is 594. The maximum atomic E-state index is 12.0. The number of anilines is 1. The highest BCUT2D eigenvalue weighted by Gasteiger charge is 2.12. The van der Waals surface area contributed by atoms with E-state index >= 15 is 0 Å². The molecule has 24 heavy (non-hydrogen) atoms. The van der Waals surface area contributed by atoms with Crippen LogP contribution in [-0.4, -0.2) is 37.4 Å². The van der Waals surface area contributed by atoms with E-state index in [0.29, 0.717) is 23.7 Å². The summed E-state index contributed by atoms with van der Waals surface area (Å²) in [5.74, 6) is -0.771. The van der Waals surface area contributed by atoms with Crippen molar-refractivity contribution in [3.63, 3.8) is 0 Å². The van der Waals surface area contributed by atoms with Crippen molar-refractivity contribution in [1.82, 2.24) is 10.6 Å². The maximum absolute atomic E-state index is 12.0. The third-order valence-corrected chi connectivity index (χ3v) is 3.11. The van der Waals surface area contributed by atoms with Gasteiger partial charge in [-0.15, -0.1) is 12.4 Å². The van der Waals surface area contributed by atoms with Crippen molar-refractivity contribution >= 4 is 47.4 Å². The van der Waals surface area contributed by atoms with Gasteiger partial charge in [0, 0.05) is 12.2 Å². The van der Waals surface area contributed by atoms with Gasteiger partial charge < -0.3 is 21.7 Å². The average molecular weight is 377 g/mol. The smallest absolute Gasteiger partial charge is 0.252 e. The fraction of sp³-hybridized carbons (Fsp3) is 0.400. The normalized spacial score (nSPS) is 9.88. The van der Waals surface area contributed by atoms with Crippen LogP contribution in [-0.2, 0) is 9.59 Å². The summed E-state index contributed by atoms with van der Waals surface area (Å²) < 4.78 is 0. The van der Waals surface area contributed by atoms with Gasteiger partial charge in [-0.3, -0.25) is 14.4 Å². The van der Waals surface area contributed by atoms with E-state index in [1.165, 1.54) is 12.1 Å². The highest BCUT2D eigenvalue weighted by atomic mass is 35.5. The average Bonchev–Trinajstić information content (AvgIpc) is 2.50. The van der Waals surface area contributed by atoms with E-state index in [9.17, 15) is 14.4 Å². The topological polar surface area (TPSA) is 113 Å². The van der Waals surface area contributed by atoms with Crippen LogP contribution < -0.4 is 21.7 Å².